The van der Waals surface area contributed by atoms with Crippen molar-refractivity contribution in [3.05, 3.63) is 33.1 Å². The molecule has 0 saturated carbocycles. The molecule has 3 heteroatoms. The second kappa shape index (κ2) is 2.71. The van der Waals surface area contributed by atoms with Crippen molar-refractivity contribution >= 4 is 22.6 Å². The molecular formula is C8H6FIO. The zero-order chi connectivity index (χ0) is 7.84. The summed E-state index contributed by atoms with van der Waals surface area (Å²) in [5.41, 5.74) is 0.953. The van der Waals surface area contributed by atoms with Gasteiger partial charge in [-0.25, -0.2) is 4.39 Å². The molecule has 1 unspecified atom stereocenters. The Morgan fingerprint density at radius 1 is 1.45 bits per heavy atom. The molecule has 0 aliphatic carbocycles. The molecule has 1 atom stereocenters. The minimum Gasteiger partial charge on any atom is -0.368 e. The average molecular weight is 264 g/mol. The van der Waals surface area contributed by atoms with E-state index in [9.17, 15) is 4.39 Å². The molecule has 1 fully saturated rings. The lowest BCUT2D eigenvalue weighted by molar-refractivity contribution is 0.414. The molecule has 0 bridgehead atoms. The third-order valence-corrected chi connectivity index (χ3v) is 2.21. The summed E-state index contributed by atoms with van der Waals surface area (Å²) >= 11 is 2.10. The lowest BCUT2D eigenvalue weighted by Crippen LogP contribution is -1.84. The van der Waals surface area contributed by atoms with Crippen molar-refractivity contribution in [2.24, 2.45) is 0 Å². The lowest BCUT2D eigenvalue weighted by atomic mass is 10.2. The third kappa shape index (κ3) is 1.70. The van der Waals surface area contributed by atoms with E-state index >= 15 is 0 Å². The Kier molecular flexibility index (Phi) is 1.85. The Labute approximate surface area is 77.7 Å². The van der Waals surface area contributed by atoms with E-state index in [4.69, 9.17) is 4.74 Å². The first kappa shape index (κ1) is 7.49. The summed E-state index contributed by atoms with van der Waals surface area (Å²) in [5.74, 6) is -0.178. The second-order valence-corrected chi connectivity index (χ2v) is 3.77. The van der Waals surface area contributed by atoms with Gasteiger partial charge in [-0.1, -0.05) is 0 Å². The van der Waals surface area contributed by atoms with Gasteiger partial charge in [-0.15, -0.1) is 0 Å². The van der Waals surface area contributed by atoms with Crippen LogP contribution in [0.1, 0.15) is 11.7 Å². The van der Waals surface area contributed by atoms with E-state index in [0.717, 1.165) is 15.7 Å². The number of rotatable bonds is 1. The SMILES string of the molecule is Fc1cc(I)cc(C2CO2)c1. The summed E-state index contributed by atoms with van der Waals surface area (Å²) in [7, 11) is 0. The van der Waals surface area contributed by atoms with Crippen molar-refractivity contribution in [1.29, 1.82) is 0 Å². The highest BCUT2D eigenvalue weighted by atomic mass is 127. The minimum absolute atomic E-state index is 0.152. The predicted octanol–water partition coefficient (Wildman–Crippen LogP) is 2.50. The van der Waals surface area contributed by atoms with E-state index in [1.165, 1.54) is 12.1 Å². The van der Waals surface area contributed by atoms with Gasteiger partial charge in [-0.05, 0) is 46.4 Å². The minimum atomic E-state index is -0.178. The van der Waals surface area contributed by atoms with Crippen LogP contribution in [0, 0.1) is 9.39 Å². The zero-order valence-corrected chi connectivity index (χ0v) is 7.84. The first-order chi connectivity index (χ1) is 5.25. The number of halogens is 2. The number of benzene rings is 1. The Balaban J connectivity index is 2.39. The van der Waals surface area contributed by atoms with Crippen LogP contribution in [0.3, 0.4) is 0 Å². The summed E-state index contributed by atoms with van der Waals surface area (Å²) < 4.78 is 18.7. The van der Waals surface area contributed by atoms with Crippen LogP contribution in [0.4, 0.5) is 4.39 Å². The molecule has 0 amide bonds. The van der Waals surface area contributed by atoms with Gasteiger partial charge in [0.05, 0.1) is 6.61 Å². The summed E-state index contributed by atoms with van der Waals surface area (Å²) in [5, 5.41) is 0. The molecule has 1 saturated heterocycles. The van der Waals surface area contributed by atoms with Gasteiger partial charge >= 0.3 is 0 Å². The van der Waals surface area contributed by atoms with E-state index in [0.29, 0.717) is 0 Å². The summed E-state index contributed by atoms with van der Waals surface area (Å²) in [6.45, 7) is 0.736. The van der Waals surface area contributed by atoms with Gasteiger partial charge in [0.1, 0.15) is 11.9 Å². The van der Waals surface area contributed by atoms with Gasteiger partial charge in [-0.2, -0.15) is 0 Å². The topological polar surface area (TPSA) is 12.5 Å². The molecule has 1 aromatic rings. The molecule has 2 rings (SSSR count). The molecule has 58 valence electrons. The lowest BCUT2D eigenvalue weighted by Gasteiger charge is -1.96. The first-order valence-corrected chi connectivity index (χ1v) is 4.41. The van der Waals surface area contributed by atoms with Crippen LogP contribution >= 0.6 is 22.6 Å². The number of ether oxygens (including phenoxy) is 1. The van der Waals surface area contributed by atoms with Crippen LogP contribution in [-0.2, 0) is 4.74 Å². The summed E-state index contributed by atoms with van der Waals surface area (Å²) in [6, 6.07) is 4.98. The maximum Gasteiger partial charge on any atom is 0.124 e. The van der Waals surface area contributed by atoms with Gasteiger partial charge < -0.3 is 4.74 Å². The molecule has 1 aromatic carbocycles. The quantitative estimate of drug-likeness (QED) is 0.560. The van der Waals surface area contributed by atoms with Gasteiger partial charge in [0.15, 0.2) is 0 Å². The molecule has 1 heterocycles. The molecule has 0 aromatic heterocycles. The van der Waals surface area contributed by atoms with E-state index in [1.54, 1.807) is 0 Å². The van der Waals surface area contributed by atoms with Crippen LogP contribution in [0.15, 0.2) is 18.2 Å². The molecule has 1 aliphatic heterocycles. The Morgan fingerprint density at radius 2 is 2.18 bits per heavy atom. The normalized spacial score (nSPS) is 21.8. The fourth-order valence-corrected chi connectivity index (χ4v) is 1.66. The molecule has 0 spiro atoms. The van der Waals surface area contributed by atoms with Crippen LogP contribution < -0.4 is 0 Å². The highest BCUT2D eigenvalue weighted by Crippen LogP contribution is 2.30. The Morgan fingerprint density at radius 3 is 2.73 bits per heavy atom. The van der Waals surface area contributed by atoms with Gasteiger partial charge in [0.2, 0.25) is 0 Å². The zero-order valence-electron chi connectivity index (χ0n) is 5.68. The smallest absolute Gasteiger partial charge is 0.124 e. The van der Waals surface area contributed by atoms with Crippen molar-refractivity contribution in [3.8, 4) is 0 Å². The highest BCUT2D eigenvalue weighted by molar-refractivity contribution is 14.1. The van der Waals surface area contributed by atoms with Crippen molar-refractivity contribution in [2.75, 3.05) is 6.61 Å². The van der Waals surface area contributed by atoms with Gasteiger partial charge in [-0.3, -0.25) is 0 Å². The van der Waals surface area contributed by atoms with Crippen LogP contribution in [-0.4, -0.2) is 6.61 Å². The molecule has 0 N–H and O–H groups in total. The fourth-order valence-electron chi connectivity index (χ4n) is 1.00. The van der Waals surface area contributed by atoms with Crippen molar-refractivity contribution in [2.45, 2.75) is 6.10 Å². The number of hydrogen-bond donors (Lipinski definition) is 0. The largest absolute Gasteiger partial charge is 0.368 e. The van der Waals surface area contributed by atoms with E-state index < -0.39 is 0 Å². The van der Waals surface area contributed by atoms with Gasteiger partial charge in [0, 0.05) is 3.57 Å². The van der Waals surface area contributed by atoms with E-state index in [-0.39, 0.29) is 11.9 Å². The maximum atomic E-state index is 12.8. The maximum absolute atomic E-state index is 12.8. The molecule has 1 aliphatic rings. The van der Waals surface area contributed by atoms with Gasteiger partial charge in [0.25, 0.3) is 0 Å². The van der Waals surface area contributed by atoms with Crippen molar-refractivity contribution in [1.82, 2.24) is 0 Å². The summed E-state index contributed by atoms with van der Waals surface area (Å²) in [4.78, 5) is 0. The number of epoxide rings is 1. The average Bonchev–Trinajstić information content (AvgIpc) is 2.64. The highest BCUT2D eigenvalue weighted by Gasteiger charge is 2.25. The van der Waals surface area contributed by atoms with Crippen LogP contribution in [0.5, 0.6) is 0 Å². The molecule has 11 heavy (non-hydrogen) atoms. The van der Waals surface area contributed by atoms with Crippen LogP contribution in [0.25, 0.3) is 0 Å². The third-order valence-electron chi connectivity index (χ3n) is 1.59. The van der Waals surface area contributed by atoms with E-state index in [2.05, 4.69) is 22.6 Å². The second-order valence-electron chi connectivity index (χ2n) is 2.52. The standard InChI is InChI=1S/C8H6FIO/c9-6-1-5(8-4-11-8)2-7(10)3-6/h1-3,8H,4H2. The predicted molar refractivity (Wildman–Crippen MR) is 47.8 cm³/mol. The molecule has 1 nitrogen and oxygen atoms in total. The molecule has 0 radical (unpaired) electrons. The van der Waals surface area contributed by atoms with E-state index in [1.807, 2.05) is 6.07 Å². The Bertz CT molecular complexity index is 263. The van der Waals surface area contributed by atoms with Crippen LogP contribution in [0.2, 0.25) is 0 Å². The Hall–Kier alpha value is -0.160. The van der Waals surface area contributed by atoms with Crippen molar-refractivity contribution in [3.63, 3.8) is 0 Å². The van der Waals surface area contributed by atoms with Crippen molar-refractivity contribution < 1.29 is 9.13 Å². The first-order valence-electron chi connectivity index (χ1n) is 3.33. The summed E-state index contributed by atoms with van der Waals surface area (Å²) in [6.07, 6.45) is 0.152. The number of hydrogen-bond acceptors (Lipinski definition) is 1. The monoisotopic (exact) mass is 264 g/mol. The fraction of sp³-hybridized carbons (Fsp3) is 0.250. The molecular weight excluding hydrogens is 258 g/mol.